The number of piperazine rings is 1. The van der Waals surface area contributed by atoms with Crippen molar-refractivity contribution in [3.8, 4) is 0 Å². The normalized spacial score (nSPS) is 21.0. The number of carbonyl (C=O) groups is 1. The zero-order valence-electron chi connectivity index (χ0n) is 18.7. The number of benzene rings is 1. The van der Waals surface area contributed by atoms with Gasteiger partial charge in [0.15, 0.2) is 11.6 Å². The second-order valence-electron chi connectivity index (χ2n) is 8.59. The van der Waals surface area contributed by atoms with Gasteiger partial charge in [-0.3, -0.25) is 9.69 Å². The maximum absolute atomic E-state index is 12.1. The van der Waals surface area contributed by atoms with Crippen molar-refractivity contribution in [2.45, 2.75) is 19.4 Å². The fourth-order valence-electron chi connectivity index (χ4n) is 4.59. The number of ketones is 1. The summed E-state index contributed by atoms with van der Waals surface area (Å²) in [5.41, 5.74) is 4.04. The standard InChI is InChI=1S/C24H29N5O3.ClH/c1-17-4-2-3-5-21(17)28-10-8-27(9-11-28)14-19(30)16-32-20-12-18-13-26-23-22(31)6-7-25-24(23)29(18)15-20;/h2-5,7,12-13,19,26,30H,6,8-11,14-16H2,1H3;1H. The van der Waals surface area contributed by atoms with Gasteiger partial charge in [-0.05, 0) is 18.6 Å². The average Bonchev–Trinajstić information content (AvgIpc) is 3.23. The number of halogens is 1. The molecule has 0 saturated carbocycles. The summed E-state index contributed by atoms with van der Waals surface area (Å²) >= 11 is 0. The lowest BCUT2D eigenvalue weighted by molar-refractivity contribution is -0.115. The lowest BCUT2D eigenvalue weighted by Crippen LogP contribution is -2.49. The van der Waals surface area contributed by atoms with Crippen LogP contribution in [0.15, 0.2) is 64.5 Å². The molecule has 0 aliphatic carbocycles. The summed E-state index contributed by atoms with van der Waals surface area (Å²) in [6, 6.07) is 8.48. The fourth-order valence-corrected chi connectivity index (χ4v) is 4.59. The van der Waals surface area contributed by atoms with Gasteiger partial charge in [-0.15, -0.1) is 12.4 Å². The summed E-state index contributed by atoms with van der Waals surface area (Å²) < 4.78 is 5.92. The van der Waals surface area contributed by atoms with E-state index in [0.29, 0.717) is 31.0 Å². The molecule has 1 saturated heterocycles. The van der Waals surface area contributed by atoms with Crippen LogP contribution in [0, 0.1) is 6.92 Å². The molecule has 176 valence electrons. The number of nitrogens with zero attached hydrogens (tertiary/aromatic N) is 4. The first-order chi connectivity index (χ1) is 15.6. The highest BCUT2D eigenvalue weighted by Crippen LogP contribution is 2.31. The number of aliphatic imine (C=N–C) groups is 1. The van der Waals surface area contributed by atoms with Crippen molar-refractivity contribution in [2.75, 3.05) is 50.8 Å². The Morgan fingerprint density at radius 3 is 2.79 bits per heavy atom. The van der Waals surface area contributed by atoms with Crippen LogP contribution >= 0.6 is 12.4 Å². The largest absolute Gasteiger partial charge is 0.493 e. The minimum absolute atomic E-state index is 0. The van der Waals surface area contributed by atoms with Crippen LogP contribution in [0.5, 0.6) is 0 Å². The molecule has 2 N–H and O–H groups in total. The van der Waals surface area contributed by atoms with Crippen molar-refractivity contribution < 1.29 is 14.6 Å². The van der Waals surface area contributed by atoms with Crippen molar-refractivity contribution in [1.29, 1.82) is 0 Å². The van der Waals surface area contributed by atoms with Crippen LogP contribution in [-0.2, 0) is 9.53 Å². The van der Waals surface area contributed by atoms with Crippen LogP contribution in [0.1, 0.15) is 12.0 Å². The molecule has 1 fully saturated rings. The van der Waals surface area contributed by atoms with E-state index in [0.717, 1.165) is 37.6 Å². The van der Waals surface area contributed by atoms with Crippen LogP contribution in [0.2, 0.25) is 0 Å². The Morgan fingerprint density at radius 2 is 2.00 bits per heavy atom. The summed E-state index contributed by atoms with van der Waals surface area (Å²) in [5.74, 6) is 1.45. The molecule has 1 aromatic rings. The van der Waals surface area contributed by atoms with E-state index in [4.69, 9.17) is 4.74 Å². The number of ether oxygens (including phenoxy) is 1. The zero-order chi connectivity index (χ0) is 22.1. The van der Waals surface area contributed by atoms with Gasteiger partial charge in [0.2, 0.25) is 0 Å². The summed E-state index contributed by atoms with van der Waals surface area (Å²) in [5, 5.41) is 13.6. The smallest absolute Gasteiger partial charge is 0.188 e. The molecule has 0 bridgehead atoms. The molecule has 33 heavy (non-hydrogen) atoms. The van der Waals surface area contributed by atoms with Crippen LogP contribution in [0.3, 0.4) is 0 Å². The quantitative estimate of drug-likeness (QED) is 0.654. The fraction of sp³-hybridized carbons (Fsp3) is 0.417. The number of aliphatic hydroxyl groups excluding tert-OH is 1. The number of aliphatic hydroxyl groups is 1. The molecule has 1 atom stereocenters. The average molecular weight is 472 g/mol. The van der Waals surface area contributed by atoms with Crippen LogP contribution in [0.4, 0.5) is 5.69 Å². The molecule has 0 radical (unpaired) electrons. The van der Waals surface area contributed by atoms with Crippen molar-refractivity contribution in [3.63, 3.8) is 0 Å². The number of carbonyl (C=O) groups excluding carboxylic acids is 1. The second kappa shape index (κ2) is 9.99. The molecular weight excluding hydrogens is 442 g/mol. The molecule has 8 nitrogen and oxygen atoms in total. The molecule has 1 unspecified atom stereocenters. The van der Waals surface area contributed by atoms with Crippen LogP contribution in [0.25, 0.3) is 0 Å². The molecule has 5 rings (SSSR count). The number of aryl methyl sites for hydroxylation is 1. The third kappa shape index (κ3) is 4.93. The van der Waals surface area contributed by atoms with Crippen molar-refractivity contribution in [1.82, 2.24) is 15.1 Å². The number of Topliss-reactive ketones (excluding diaryl/α,β-unsaturated/α-hetero) is 1. The zero-order valence-corrected chi connectivity index (χ0v) is 19.6. The van der Waals surface area contributed by atoms with E-state index < -0.39 is 6.10 Å². The summed E-state index contributed by atoms with van der Waals surface area (Å²) in [7, 11) is 0. The van der Waals surface area contributed by atoms with Gasteiger partial charge in [0.1, 0.15) is 24.2 Å². The lowest BCUT2D eigenvalue weighted by Gasteiger charge is -2.37. The molecule has 4 aliphatic rings. The van der Waals surface area contributed by atoms with Gasteiger partial charge < -0.3 is 25.0 Å². The first-order valence-electron chi connectivity index (χ1n) is 11.2. The lowest BCUT2D eigenvalue weighted by atomic mass is 10.1. The summed E-state index contributed by atoms with van der Waals surface area (Å²) in [4.78, 5) is 23.1. The SMILES string of the molecule is Cc1ccccc1N1CCN(CC(O)COC2=CC3=CNC4=C(N=CCC4=O)N3C2)CC1.Cl. The van der Waals surface area contributed by atoms with Crippen molar-refractivity contribution >= 4 is 30.1 Å². The second-order valence-corrected chi connectivity index (χ2v) is 8.59. The van der Waals surface area contributed by atoms with Gasteiger partial charge >= 0.3 is 0 Å². The number of para-hydroxylation sites is 1. The van der Waals surface area contributed by atoms with Gasteiger partial charge in [-0.2, -0.15) is 0 Å². The molecule has 0 amide bonds. The summed E-state index contributed by atoms with van der Waals surface area (Å²) in [6.45, 7) is 7.25. The first kappa shape index (κ1) is 23.4. The minimum Gasteiger partial charge on any atom is -0.493 e. The highest BCUT2D eigenvalue weighted by atomic mass is 35.5. The molecule has 0 aromatic heterocycles. The number of fused-ring (bicyclic) bond motifs is 2. The highest BCUT2D eigenvalue weighted by molar-refractivity contribution is 6.05. The van der Waals surface area contributed by atoms with E-state index in [1.807, 2.05) is 11.0 Å². The third-order valence-electron chi connectivity index (χ3n) is 6.31. The predicted octanol–water partition coefficient (Wildman–Crippen LogP) is 1.77. The van der Waals surface area contributed by atoms with Gasteiger partial charge in [0.05, 0.1) is 12.2 Å². The Kier molecular flexibility index (Phi) is 7.07. The van der Waals surface area contributed by atoms with E-state index in [1.165, 1.54) is 11.3 Å². The number of hydrogen-bond donors (Lipinski definition) is 2. The number of anilines is 1. The molecular formula is C24H30ClN5O3. The van der Waals surface area contributed by atoms with E-state index in [9.17, 15) is 9.90 Å². The molecule has 0 spiro atoms. The van der Waals surface area contributed by atoms with Crippen molar-refractivity contribution in [3.05, 3.63) is 65.1 Å². The number of β-amino-alcohol motifs (C(OH)–C–C–N with tert-alkyl or cyclic N) is 1. The van der Waals surface area contributed by atoms with Crippen LogP contribution < -0.4 is 10.2 Å². The number of allylic oxidation sites excluding steroid dienone is 2. The molecule has 1 aromatic carbocycles. The third-order valence-corrected chi connectivity index (χ3v) is 6.31. The Bertz CT molecular complexity index is 1030. The maximum atomic E-state index is 12.1. The Morgan fingerprint density at radius 1 is 1.21 bits per heavy atom. The molecule has 4 aliphatic heterocycles. The Balaban J connectivity index is 0.00000259. The number of rotatable bonds is 6. The van der Waals surface area contributed by atoms with Crippen molar-refractivity contribution in [2.24, 2.45) is 4.99 Å². The van der Waals surface area contributed by atoms with E-state index in [-0.39, 0.29) is 24.8 Å². The molecule has 9 heteroatoms. The molecule has 4 heterocycles. The maximum Gasteiger partial charge on any atom is 0.188 e. The topological polar surface area (TPSA) is 80.6 Å². The van der Waals surface area contributed by atoms with E-state index >= 15 is 0 Å². The van der Waals surface area contributed by atoms with Gasteiger partial charge in [0.25, 0.3) is 0 Å². The van der Waals surface area contributed by atoms with Crippen LogP contribution in [-0.4, -0.2) is 78.9 Å². The number of hydrogen-bond acceptors (Lipinski definition) is 8. The number of nitrogens with one attached hydrogen (secondary N) is 1. The Labute approximate surface area is 200 Å². The van der Waals surface area contributed by atoms with Gasteiger partial charge in [-0.25, -0.2) is 4.99 Å². The first-order valence-corrected chi connectivity index (χ1v) is 11.2. The predicted molar refractivity (Wildman–Crippen MR) is 130 cm³/mol. The van der Waals surface area contributed by atoms with E-state index in [2.05, 4.69) is 51.3 Å². The monoisotopic (exact) mass is 471 g/mol. The Hall–Kier alpha value is -2.81. The highest BCUT2D eigenvalue weighted by Gasteiger charge is 2.32. The van der Waals surface area contributed by atoms with Gasteiger partial charge in [0, 0.05) is 63.3 Å². The van der Waals surface area contributed by atoms with E-state index in [1.54, 1.807) is 12.4 Å². The minimum atomic E-state index is -0.560. The van der Waals surface area contributed by atoms with Gasteiger partial charge in [-0.1, -0.05) is 18.2 Å². The summed E-state index contributed by atoms with van der Waals surface area (Å²) in [6.07, 6.45) is 5.14.